The normalized spacial score (nSPS) is 16.6. The molecule has 2 fully saturated rings. The first-order valence-electron chi connectivity index (χ1n) is 13.0. The van der Waals surface area contributed by atoms with Crippen LogP contribution in [0.25, 0.3) is 22.3 Å². The number of rotatable bonds is 6. The number of carbonyl (C=O) groups is 1. The molecule has 1 amide bonds. The van der Waals surface area contributed by atoms with Crippen molar-refractivity contribution in [3.05, 3.63) is 77.6 Å². The first-order valence-corrected chi connectivity index (χ1v) is 14.9. The number of nitrogens with one attached hydrogen (secondary N) is 1. The molecule has 0 bridgehead atoms. The van der Waals surface area contributed by atoms with E-state index in [-0.39, 0.29) is 28.5 Å². The number of morpholine rings is 1. The second kappa shape index (κ2) is 10.2. The molecule has 1 aromatic carbocycles. The number of carbonyl (C=O) groups excluding carboxylic acids is 1. The maximum absolute atomic E-state index is 12.8. The smallest absolute Gasteiger partial charge is 0.251 e. The fraction of sp³-hybridized carbons (Fsp3) is 0.310. The highest BCUT2D eigenvalue weighted by Gasteiger charge is 2.44. The minimum Gasteiger partial charge on any atom is -0.375 e. The molecule has 0 radical (unpaired) electrons. The van der Waals surface area contributed by atoms with Crippen LogP contribution in [0.15, 0.2) is 65.7 Å². The summed E-state index contributed by atoms with van der Waals surface area (Å²) >= 11 is 0. The number of aryl methyl sites for hydroxylation is 1. The van der Waals surface area contributed by atoms with Crippen LogP contribution in [0.5, 0.6) is 0 Å². The van der Waals surface area contributed by atoms with Gasteiger partial charge in [-0.2, -0.15) is 0 Å². The number of benzene rings is 1. The van der Waals surface area contributed by atoms with Crippen LogP contribution in [-0.2, 0) is 25.9 Å². The van der Waals surface area contributed by atoms with E-state index < -0.39 is 9.84 Å². The molecule has 0 unspecified atom stereocenters. The predicted octanol–water partition coefficient (Wildman–Crippen LogP) is 2.94. The minimum absolute atomic E-state index is 0.142. The van der Waals surface area contributed by atoms with Crippen LogP contribution in [0.3, 0.4) is 0 Å². The summed E-state index contributed by atoms with van der Waals surface area (Å²) in [5.41, 5.74) is 3.49. The highest BCUT2D eigenvalue weighted by Crippen LogP contribution is 2.30. The molecule has 1 spiro atoms. The van der Waals surface area contributed by atoms with Crippen LogP contribution in [0.1, 0.15) is 21.6 Å². The molecule has 3 aromatic heterocycles. The molecule has 40 heavy (non-hydrogen) atoms. The molecule has 0 saturated carbocycles. The molecule has 2 aliphatic heterocycles. The molecule has 2 saturated heterocycles. The molecule has 206 valence electrons. The topological polar surface area (TPSA) is 124 Å². The molecule has 2 aliphatic rings. The third-order valence-corrected chi connectivity index (χ3v) is 8.45. The Morgan fingerprint density at radius 3 is 2.67 bits per heavy atom. The summed E-state index contributed by atoms with van der Waals surface area (Å²) in [5.74, 6) is 0.495. The number of amides is 1. The van der Waals surface area contributed by atoms with Gasteiger partial charge < -0.3 is 19.7 Å². The van der Waals surface area contributed by atoms with Crippen LogP contribution in [0.2, 0.25) is 0 Å². The lowest BCUT2D eigenvalue weighted by atomic mass is 9.99. The van der Waals surface area contributed by atoms with Crippen molar-refractivity contribution in [2.75, 3.05) is 44.1 Å². The van der Waals surface area contributed by atoms with Crippen molar-refractivity contribution in [2.45, 2.75) is 24.0 Å². The first-order chi connectivity index (χ1) is 19.2. The van der Waals surface area contributed by atoms with Gasteiger partial charge in [-0.3, -0.25) is 9.78 Å². The van der Waals surface area contributed by atoms with Crippen LogP contribution < -0.4 is 10.2 Å². The summed E-state index contributed by atoms with van der Waals surface area (Å²) in [4.78, 5) is 29.3. The van der Waals surface area contributed by atoms with Gasteiger partial charge in [0.2, 0.25) is 0 Å². The Balaban J connectivity index is 1.19. The maximum atomic E-state index is 12.8. The number of sulfone groups is 1. The van der Waals surface area contributed by atoms with Gasteiger partial charge in [0.15, 0.2) is 9.84 Å². The molecule has 1 N–H and O–H groups in total. The van der Waals surface area contributed by atoms with Crippen LogP contribution in [0, 0.1) is 6.92 Å². The van der Waals surface area contributed by atoms with Crippen molar-refractivity contribution < 1.29 is 22.7 Å². The second-order valence-corrected chi connectivity index (χ2v) is 12.3. The van der Waals surface area contributed by atoms with Gasteiger partial charge in [-0.25, -0.2) is 18.4 Å². The monoisotopic (exact) mass is 559 g/mol. The van der Waals surface area contributed by atoms with Gasteiger partial charge in [-0.15, -0.1) is 0 Å². The average molecular weight is 560 g/mol. The highest BCUT2D eigenvalue weighted by molar-refractivity contribution is 7.90. The van der Waals surface area contributed by atoms with Gasteiger partial charge in [-0.05, 0) is 55.0 Å². The molecule has 5 heterocycles. The third-order valence-electron chi connectivity index (χ3n) is 7.21. The van der Waals surface area contributed by atoms with Gasteiger partial charge in [-0.1, -0.05) is 12.1 Å². The van der Waals surface area contributed by atoms with Gasteiger partial charge >= 0.3 is 0 Å². The molecule has 11 heteroatoms. The van der Waals surface area contributed by atoms with Crippen molar-refractivity contribution in [3.8, 4) is 11.4 Å². The highest BCUT2D eigenvalue weighted by atomic mass is 32.2. The minimum atomic E-state index is -3.44. The number of fused-ring (bicyclic) bond motifs is 1. The zero-order valence-electron chi connectivity index (χ0n) is 22.3. The summed E-state index contributed by atoms with van der Waals surface area (Å²) in [6, 6.07) is 16.3. The van der Waals surface area contributed by atoms with E-state index in [1.54, 1.807) is 25.3 Å². The largest absolute Gasteiger partial charge is 0.375 e. The number of hydrogen-bond donors (Lipinski definition) is 1. The number of nitrogens with zero attached hydrogens (tertiary/aromatic N) is 4. The van der Waals surface area contributed by atoms with Gasteiger partial charge in [0, 0.05) is 29.9 Å². The summed E-state index contributed by atoms with van der Waals surface area (Å²) < 4.78 is 35.4. The summed E-state index contributed by atoms with van der Waals surface area (Å²) in [6.07, 6.45) is 2.85. The van der Waals surface area contributed by atoms with E-state index in [0.29, 0.717) is 31.1 Å². The lowest BCUT2D eigenvalue weighted by molar-refractivity contribution is -0.211. The van der Waals surface area contributed by atoms with E-state index in [1.807, 2.05) is 36.4 Å². The number of pyridine rings is 3. The van der Waals surface area contributed by atoms with Crippen LogP contribution in [0.4, 0.5) is 5.82 Å². The van der Waals surface area contributed by atoms with Crippen LogP contribution in [-0.4, -0.2) is 74.0 Å². The number of ether oxygens (including phenoxy) is 2. The van der Waals surface area contributed by atoms with E-state index in [0.717, 1.165) is 47.5 Å². The third kappa shape index (κ3) is 5.27. The number of anilines is 1. The van der Waals surface area contributed by atoms with E-state index in [1.165, 1.54) is 6.07 Å². The van der Waals surface area contributed by atoms with E-state index in [9.17, 15) is 13.2 Å². The second-order valence-electron chi connectivity index (χ2n) is 10.3. The molecule has 4 aromatic rings. The average Bonchev–Trinajstić information content (AvgIpc) is 2.94. The quantitative estimate of drug-likeness (QED) is 0.380. The molecular weight excluding hydrogens is 530 g/mol. The molecule has 0 aliphatic carbocycles. The van der Waals surface area contributed by atoms with Gasteiger partial charge in [0.25, 0.3) is 5.91 Å². The summed E-state index contributed by atoms with van der Waals surface area (Å²) in [6.45, 7) is 5.23. The zero-order chi connectivity index (χ0) is 27.9. The van der Waals surface area contributed by atoms with Gasteiger partial charge in [0.1, 0.15) is 11.4 Å². The van der Waals surface area contributed by atoms with Crippen molar-refractivity contribution >= 4 is 32.5 Å². The fourth-order valence-corrected chi connectivity index (χ4v) is 5.99. The Hall–Kier alpha value is -3.93. The predicted molar refractivity (Wildman–Crippen MR) is 150 cm³/mol. The van der Waals surface area contributed by atoms with E-state index in [2.05, 4.69) is 15.2 Å². The van der Waals surface area contributed by atoms with Crippen LogP contribution >= 0.6 is 0 Å². The lowest BCUT2D eigenvalue weighted by Gasteiger charge is -2.48. The zero-order valence-corrected chi connectivity index (χ0v) is 23.1. The first kappa shape index (κ1) is 26.3. The molecule has 6 rings (SSSR count). The number of hydrogen-bond acceptors (Lipinski definition) is 9. The molecule has 10 nitrogen and oxygen atoms in total. The Morgan fingerprint density at radius 1 is 1.07 bits per heavy atom. The molecule has 0 atom stereocenters. The van der Waals surface area contributed by atoms with Crippen molar-refractivity contribution in [3.63, 3.8) is 0 Å². The Kier molecular flexibility index (Phi) is 6.73. The molecular formula is C29H29N5O5S. The Bertz CT molecular complexity index is 1720. The fourth-order valence-electron chi connectivity index (χ4n) is 5.00. The van der Waals surface area contributed by atoms with E-state index >= 15 is 0 Å². The van der Waals surface area contributed by atoms with Crippen molar-refractivity contribution in [1.82, 2.24) is 20.3 Å². The lowest BCUT2D eigenvalue weighted by Crippen LogP contribution is -2.63. The van der Waals surface area contributed by atoms with Gasteiger partial charge in [0.05, 0.1) is 60.4 Å². The van der Waals surface area contributed by atoms with E-state index in [4.69, 9.17) is 19.4 Å². The number of aromatic nitrogens is 3. The van der Waals surface area contributed by atoms with Crippen molar-refractivity contribution in [1.29, 1.82) is 0 Å². The Morgan fingerprint density at radius 2 is 1.90 bits per heavy atom. The summed E-state index contributed by atoms with van der Waals surface area (Å²) in [5, 5.41) is 3.69. The Labute approximate surface area is 232 Å². The van der Waals surface area contributed by atoms with Crippen molar-refractivity contribution in [2.24, 2.45) is 0 Å². The summed E-state index contributed by atoms with van der Waals surface area (Å²) in [7, 11) is -3.44. The standard InChI is InChI=1S/C29H29N5O5S/c1-19-6-7-20(12-26(19)40(2,36)37)28(35)31-15-22-13-25-21(14-30-22)8-9-24(32-25)23-4-3-5-27(33-23)34-10-11-39-29(16-34)17-38-18-29/h3-9,12-14H,10-11,15-18H2,1-2H3,(H,31,35). The SMILES string of the molecule is Cc1ccc(C(=O)NCc2cc3nc(-c4cccc(N5CCOC6(COC6)C5)n4)ccc3cn2)cc1S(C)(=O)=O. The maximum Gasteiger partial charge on any atom is 0.251 e.